The van der Waals surface area contributed by atoms with Crippen LogP contribution in [0.5, 0.6) is 0 Å². The number of hydrogen-bond acceptors (Lipinski definition) is 3. The van der Waals surface area contributed by atoms with Crippen LogP contribution < -0.4 is 10.2 Å². The molecular weight excluding hydrogens is 412 g/mol. The molecule has 1 aromatic heterocycles. The number of carbonyl (C=O) groups is 2. The van der Waals surface area contributed by atoms with E-state index in [1.165, 1.54) is 5.56 Å². The first-order valence-electron chi connectivity index (χ1n) is 11.3. The number of rotatable bonds is 5. The van der Waals surface area contributed by atoms with Crippen molar-refractivity contribution in [2.45, 2.75) is 32.9 Å². The van der Waals surface area contributed by atoms with Crippen LogP contribution in [0.1, 0.15) is 33.7 Å². The summed E-state index contributed by atoms with van der Waals surface area (Å²) >= 11 is 0. The summed E-state index contributed by atoms with van der Waals surface area (Å²) in [7, 11) is 0. The third-order valence-electron chi connectivity index (χ3n) is 6.24. The fourth-order valence-corrected chi connectivity index (χ4v) is 4.53. The normalized spacial score (nSPS) is 13.1. The van der Waals surface area contributed by atoms with Crippen molar-refractivity contribution in [3.63, 3.8) is 0 Å². The van der Waals surface area contributed by atoms with E-state index in [0.717, 1.165) is 35.1 Å². The molecule has 6 nitrogen and oxygen atoms in total. The standard InChI is InChI=1S/C27H26N4O2/c1-19-9-2-4-12-21(19)27(33)28-17-25-29-22-13-5-7-15-24(22)31(25)18-26(32)30-16-8-11-20-10-3-6-14-23(20)30/h2-7,9-10,12-15H,8,11,16-18H2,1H3,(H,28,33). The van der Waals surface area contributed by atoms with Gasteiger partial charge in [0.1, 0.15) is 12.4 Å². The number of nitrogens with one attached hydrogen (secondary N) is 1. The Kier molecular flexibility index (Phi) is 5.65. The van der Waals surface area contributed by atoms with E-state index in [1.54, 1.807) is 0 Å². The average molecular weight is 439 g/mol. The number of anilines is 1. The van der Waals surface area contributed by atoms with Gasteiger partial charge >= 0.3 is 0 Å². The lowest BCUT2D eigenvalue weighted by atomic mass is 10.0. The number of para-hydroxylation sites is 3. The number of fused-ring (bicyclic) bond motifs is 2. The molecule has 5 rings (SSSR count). The van der Waals surface area contributed by atoms with E-state index >= 15 is 0 Å². The second-order valence-electron chi connectivity index (χ2n) is 8.38. The highest BCUT2D eigenvalue weighted by atomic mass is 16.2. The largest absolute Gasteiger partial charge is 0.345 e. The van der Waals surface area contributed by atoms with Crippen LogP contribution in [0.15, 0.2) is 72.8 Å². The van der Waals surface area contributed by atoms with Gasteiger partial charge in [-0.05, 0) is 55.2 Å². The number of aryl methyl sites for hydroxylation is 2. The number of carbonyl (C=O) groups excluding carboxylic acids is 2. The fraction of sp³-hybridized carbons (Fsp3) is 0.222. The highest BCUT2D eigenvalue weighted by Gasteiger charge is 2.24. The van der Waals surface area contributed by atoms with E-state index < -0.39 is 0 Å². The Morgan fingerprint density at radius 3 is 2.61 bits per heavy atom. The van der Waals surface area contributed by atoms with E-state index in [4.69, 9.17) is 4.98 Å². The summed E-state index contributed by atoms with van der Waals surface area (Å²) in [6, 6.07) is 23.4. The number of aromatic nitrogens is 2. The molecule has 1 N–H and O–H groups in total. The Labute approximate surface area is 192 Å². The third kappa shape index (κ3) is 4.12. The zero-order valence-electron chi connectivity index (χ0n) is 18.6. The van der Waals surface area contributed by atoms with Crippen molar-refractivity contribution in [1.82, 2.24) is 14.9 Å². The molecule has 1 aliphatic heterocycles. The maximum atomic E-state index is 13.4. The first-order chi connectivity index (χ1) is 16.1. The van der Waals surface area contributed by atoms with Gasteiger partial charge in [-0.3, -0.25) is 9.59 Å². The molecule has 3 aromatic carbocycles. The Morgan fingerprint density at radius 2 is 1.73 bits per heavy atom. The Bertz CT molecular complexity index is 1340. The van der Waals surface area contributed by atoms with Crippen LogP contribution in [0.2, 0.25) is 0 Å². The second-order valence-corrected chi connectivity index (χ2v) is 8.38. The van der Waals surface area contributed by atoms with Gasteiger partial charge in [-0.1, -0.05) is 48.5 Å². The van der Waals surface area contributed by atoms with Crippen LogP contribution in [-0.4, -0.2) is 27.9 Å². The molecule has 0 bridgehead atoms. The molecule has 33 heavy (non-hydrogen) atoms. The third-order valence-corrected chi connectivity index (χ3v) is 6.24. The van der Waals surface area contributed by atoms with Gasteiger partial charge in [0.05, 0.1) is 17.6 Å². The predicted octanol–water partition coefficient (Wildman–Crippen LogP) is 4.25. The zero-order valence-corrected chi connectivity index (χ0v) is 18.6. The number of benzene rings is 3. The average Bonchev–Trinajstić information content (AvgIpc) is 3.19. The summed E-state index contributed by atoms with van der Waals surface area (Å²) in [5, 5.41) is 2.98. The number of imidazole rings is 1. The van der Waals surface area contributed by atoms with Crippen LogP contribution in [0, 0.1) is 6.92 Å². The Morgan fingerprint density at radius 1 is 0.970 bits per heavy atom. The number of amides is 2. The Hall–Kier alpha value is -3.93. The molecule has 0 atom stereocenters. The molecule has 0 unspecified atom stereocenters. The minimum Gasteiger partial charge on any atom is -0.345 e. The maximum absolute atomic E-state index is 13.4. The van der Waals surface area contributed by atoms with Gasteiger partial charge in [0.15, 0.2) is 0 Å². The highest BCUT2D eigenvalue weighted by molar-refractivity contribution is 5.96. The molecule has 0 saturated heterocycles. The molecule has 2 heterocycles. The second kappa shape index (κ2) is 8.90. The van der Waals surface area contributed by atoms with E-state index in [9.17, 15) is 9.59 Å². The lowest BCUT2D eigenvalue weighted by molar-refractivity contribution is -0.119. The van der Waals surface area contributed by atoms with Crippen LogP contribution in [-0.2, 0) is 24.3 Å². The molecule has 0 fully saturated rings. The van der Waals surface area contributed by atoms with Crippen molar-refractivity contribution < 1.29 is 9.59 Å². The Balaban J connectivity index is 1.41. The van der Waals surface area contributed by atoms with Gasteiger partial charge in [0.25, 0.3) is 5.91 Å². The molecular formula is C27H26N4O2. The molecule has 4 aromatic rings. The predicted molar refractivity (Wildman–Crippen MR) is 129 cm³/mol. The van der Waals surface area contributed by atoms with Crippen molar-refractivity contribution in [2.24, 2.45) is 0 Å². The van der Waals surface area contributed by atoms with Gasteiger partial charge < -0.3 is 14.8 Å². The first kappa shape index (κ1) is 20.9. The highest BCUT2D eigenvalue weighted by Crippen LogP contribution is 2.27. The van der Waals surface area contributed by atoms with Crippen LogP contribution >= 0.6 is 0 Å². The van der Waals surface area contributed by atoms with E-state index in [-0.39, 0.29) is 24.9 Å². The molecule has 0 aliphatic carbocycles. The summed E-state index contributed by atoms with van der Waals surface area (Å²) in [6.07, 6.45) is 1.94. The van der Waals surface area contributed by atoms with Gasteiger partial charge in [0.2, 0.25) is 5.91 Å². The topological polar surface area (TPSA) is 67.2 Å². The van der Waals surface area contributed by atoms with E-state index in [1.807, 2.05) is 83.1 Å². The molecule has 0 saturated carbocycles. The summed E-state index contributed by atoms with van der Waals surface area (Å²) in [4.78, 5) is 32.8. The molecule has 166 valence electrons. The van der Waals surface area contributed by atoms with Crippen LogP contribution in [0.4, 0.5) is 5.69 Å². The number of nitrogens with zero attached hydrogens (tertiary/aromatic N) is 3. The summed E-state index contributed by atoms with van der Waals surface area (Å²) in [5.74, 6) is 0.538. The van der Waals surface area contributed by atoms with Crippen molar-refractivity contribution in [1.29, 1.82) is 0 Å². The lowest BCUT2D eigenvalue weighted by Crippen LogP contribution is -2.38. The van der Waals surface area contributed by atoms with Crippen LogP contribution in [0.25, 0.3) is 11.0 Å². The van der Waals surface area contributed by atoms with Crippen molar-refractivity contribution in [3.8, 4) is 0 Å². The smallest absolute Gasteiger partial charge is 0.251 e. The van der Waals surface area contributed by atoms with Crippen molar-refractivity contribution >= 4 is 28.5 Å². The maximum Gasteiger partial charge on any atom is 0.251 e. The zero-order chi connectivity index (χ0) is 22.8. The quantitative estimate of drug-likeness (QED) is 0.506. The first-order valence-corrected chi connectivity index (χ1v) is 11.3. The molecule has 1 aliphatic rings. The molecule has 2 amide bonds. The SMILES string of the molecule is Cc1ccccc1C(=O)NCc1nc2ccccc2n1CC(=O)N1CCCc2ccccc21. The molecule has 0 spiro atoms. The van der Waals surface area contributed by atoms with Crippen molar-refractivity contribution in [2.75, 3.05) is 11.4 Å². The van der Waals surface area contributed by atoms with Gasteiger partial charge in [0, 0.05) is 17.8 Å². The summed E-state index contributed by atoms with van der Waals surface area (Å²) in [6.45, 7) is 3.04. The van der Waals surface area contributed by atoms with Crippen molar-refractivity contribution in [3.05, 3.63) is 95.3 Å². The summed E-state index contributed by atoms with van der Waals surface area (Å²) in [5.41, 5.74) is 5.45. The van der Waals surface area contributed by atoms with E-state index in [2.05, 4.69) is 11.4 Å². The minimum atomic E-state index is -0.150. The number of hydrogen-bond donors (Lipinski definition) is 1. The molecule has 0 radical (unpaired) electrons. The minimum absolute atomic E-state index is 0.0248. The van der Waals surface area contributed by atoms with Gasteiger partial charge in [-0.25, -0.2) is 4.98 Å². The monoisotopic (exact) mass is 438 g/mol. The lowest BCUT2D eigenvalue weighted by Gasteiger charge is -2.29. The van der Waals surface area contributed by atoms with Gasteiger partial charge in [-0.2, -0.15) is 0 Å². The van der Waals surface area contributed by atoms with Crippen LogP contribution in [0.3, 0.4) is 0 Å². The summed E-state index contributed by atoms with van der Waals surface area (Å²) < 4.78 is 1.92. The van der Waals surface area contributed by atoms with E-state index in [0.29, 0.717) is 17.9 Å². The fourth-order valence-electron chi connectivity index (χ4n) is 4.53. The molecule has 6 heteroatoms. The van der Waals surface area contributed by atoms with Gasteiger partial charge in [-0.15, -0.1) is 0 Å².